The standard InChI is InChI=1S/C28H35N7O3/c1-7-38-26(36)14-22(32-27-24(17-37-16-18(2)3)33-34(6)28(27)29-5)20-8-10-21(11-9-20)35-19(4)31-23-15-30-13-12-25(23)35/h8-15,18,29,32H,7,16-17H2,1-6H3/b22-14+. The van der Waals surface area contributed by atoms with Gasteiger partial charge in [-0.3, -0.25) is 14.2 Å². The number of pyridine rings is 1. The van der Waals surface area contributed by atoms with Crippen LogP contribution in [0.5, 0.6) is 0 Å². The highest BCUT2D eigenvalue weighted by Crippen LogP contribution is 2.31. The van der Waals surface area contributed by atoms with Gasteiger partial charge in [0.15, 0.2) is 0 Å². The Bertz CT molecular complexity index is 1430. The van der Waals surface area contributed by atoms with Crippen molar-refractivity contribution in [1.29, 1.82) is 0 Å². The van der Waals surface area contributed by atoms with Crippen molar-refractivity contribution in [1.82, 2.24) is 24.3 Å². The highest BCUT2D eigenvalue weighted by molar-refractivity contribution is 5.96. The minimum Gasteiger partial charge on any atom is -0.463 e. The molecule has 2 N–H and O–H groups in total. The lowest BCUT2D eigenvalue weighted by atomic mass is 10.1. The first kappa shape index (κ1) is 26.9. The maximum atomic E-state index is 12.5. The molecule has 0 aliphatic rings. The summed E-state index contributed by atoms with van der Waals surface area (Å²) in [6, 6.07) is 9.87. The summed E-state index contributed by atoms with van der Waals surface area (Å²) >= 11 is 0. The number of esters is 1. The molecule has 0 aliphatic heterocycles. The van der Waals surface area contributed by atoms with Crippen LogP contribution < -0.4 is 10.6 Å². The van der Waals surface area contributed by atoms with Crippen LogP contribution in [0.4, 0.5) is 11.5 Å². The number of imidazole rings is 1. The number of carbonyl (C=O) groups is 1. The topological polar surface area (TPSA) is 108 Å². The number of carbonyl (C=O) groups excluding carboxylic acids is 1. The molecule has 10 nitrogen and oxygen atoms in total. The Morgan fingerprint density at radius 3 is 2.63 bits per heavy atom. The Labute approximate surface area is 222 Å². The van der Waals surface area contributed by atoms with Gasteiger partial charge in [0.1, 0.15) is 28.5 Å². The SMILES string of the molecule is CCOC(=O)/C=C(/Nc1c(COCC(C)C)nn(C)c1NC)c1ccc(-n2c(C)nc3cnccc32)cc1. The zero-order valence-electron chi connectivity index (χ0n) is 22.8. The third-order valence-electron chi connectivity index (χ3n) is 5.92. The maximum Gasteiger partial charge on any atom is 0.332 e. The number of hydrogen-bond acceptors (Lipinski definition) is 8. The summed E-state index contributed by atoms with van der Waals surface area (Å²) in [6.07, 6.45) is 4.98. The lowest BCUT2D eigenvalue weighted by molar-refractivity contribution is -0.137. The number of aromatic nitrogens is 5. The van der Waals surface area contributed by atoms with Crippen LogP contribution in [0.15, 0.2) is 48.8 Å². The average molecular weight is 518 g/mol. The van der Waals surface area contributed by atoms with Crippen LogP contribution in [0.1, 0.15) is 37.9 Å². The first-order valence-corrected chi connectivity index (χ1v) is 12.7. The number of aryl methyl sites for hydroxylation is 2. The van der Waals surface area contributed by atoms with Crippen LogP contribution in [-0.2, 0) is 27.9 Å². The van der Waals surface area contributed by atoms with Gasteiger partial charge < -0.3 is 20.1 Å². The van der Waals surface area contributed by atoms with Crippen molar-refractivity contribution < 1.29 is 14.3 Å². The molecule has 0 radical (unpaired) electrons. The van der Waals surface area contributed by atoms with Gasteiger partial charge in [-0.05, 0) is 43.5 Å². The first-order valence-electron chi connectivity index (χ1n) is 12.7. The Morgan fingerprint density at radius 2 is 1.95 bits per heavy atom. The monoisotopic (exact) mass is 517 g/mol. The zero-order chi connectivity index (χ0) is 27.2. The summed E-state index contributed by atoms with van der Waals surface area (Å²) in [5.41, 5.74) is 5.63. The summed E-state index contributed by atoms with van der Waals surface area (Å²) in [5, 5.41) is 11.3. The first-order chi connectivity index (χ1) is 18.3. The molecule has 0 bridgehead atoms. The molecule has 0 aliphatic carbocycles. The molecule has 10 heteroatoms. The minimum atomic E-state index is -0.435. The number of hydrogen-bond donors (Lipinski definition) is 2. The number of fused-ring (bicyclic) bond motifs is 1. The third-order valence-corrected chi connectivity index (χ3v) is 5.92. The lowest BCUT2D eigenvalue weighted by Crippen LogP contribution is -2.09. The molecule has 0 fully saturated rings. The van der Waals surface area contributed by atoms with Gasteiger partial charge in [-0.1, -0.05) is 26.0 Å². The fraction of sp³-hybridized carbons (Fsp3) is 0.357. The smallest absolute Gasteiger partial charge is 0.332 e. The van der Waals surface area contributed by atoms with E-state index in [9.17, 15) is 4.79 Å². The molecule has 200 valence electrons. The second-order valence-electron chi connectivity index (χ2n) is 9.29. The van der Waals surface area contributed by atoms with Crippen LogP contribution >= 0.6 is 0 Å². The van der Waals surface area contributed by atoms with E-state index in [1.165, 1.54) is 6.08 Å². The fourth-order valence-electron chi connectivity index (χ4n) is 4.29. The van der Waals surface area contributed by atoms with E-state index >= 15 is 0 Å². The van der Waals surface area contributed by atoms with Gasteiger partial charge in [0.2, 0.25) is 0 Å². The second kappa shape index (κ2) is 11.9. The molecular weight excluding hydrogens is 482 g/mol. The molecule has 0 unspecified atom stereocenters. The Morgan fingerprint density at radius 1 is 1.18 bits per heavy atom. The van der Waals surface area contributed by atoms with E-state index in [-0.39, 0.29) is 6.61 Å². The predicted molar refractivity (Wildman–Crippen MR) is 149 cm³/mol. The number of anilines is 2. The molecule has 1 aromatic carbocycles. The molecular formula is C28H35N7O3. The molecule has 3 aromatic heterocycles. The molecule has 4 aromatic rings. The van der Waals surface area contributed by atoms with E-state index in [0.717, 1.165) is 45.3 Å². The van der Waals surface area contributed by atoms with E-state index in [0.29, 0.717) is 24.8 Å². The lowest BCUT2D eigenvalue weighted by Gasteiger charge is -2.15. The fourth-order valence-corrected chi connectivity index (χ4v) is 4.29. The molecule has 0 amide bonds. The number of nitrogens with one attached hydrogen (secondary N) is 2. The summed E-state index contributed by atoms with van der Waals surface area (Å²) in [4.78, 5) is 21.3. The van der Waals surface area contributed by atoms with Crippen molar-refractivity contribution in [3.63, 3.8) is 0 Å². The Balaban J connectivity index is 1.70. The number of nitrogens with zero attached hydrogens (tertiary/aromatic N) is 5. The van der Waals surface area contributed by atoms with E-state index < -0.39 is 5.97 Å². The van der Waals surface area contributed by atoms with Crippen molar-refractivity contribution in [2.45, 2.75) is 34.3 Å². The van der Waals surface area contributed by atoms with Gasteiger partial charge in [-0.15, -0.1) is 0 Å². The van der Waals surface area contributed by atoms with E-state index in [1.807, 2.05) is 51.4 Å². The molecule has 0 atom stereocenters. The molecule has 4 rings (SSSR count). The molecule has 0 spiro atoms. The number of rotatable bonds is 11. The maximum absolute atomic E-state index is 12.5. The van der Waals surface area contributed by atoms with Gasteiger partial charge in [0.05, 0.1) is 30.6 Å². The van der Waals surface area contributed by atoms with Crippen molar-refractivity contribution in [2.75, 3.05) is 30.9 Å². The van der Waals surface area contributed by atoms with Gasteiger partial charge >= 0.3 is 5.97 Å². The molecule has 0 saturated carbocycles. The van der Waals surface area contributed by atoms with Crippen LogP contribution in [-0.4, -0.2) is 50.5 Å². The highest BCUT2D eigenvalue weighted by atomic mass is 16.5. The van der Waals surface area contributed by atoms with Gasteiger partial charge in [0.25, 0.3) is 0 Å². The zero-order valence-corrected chi connectivity index (χ0v) is 22.8. The third kappa shape index (κ3) is 5.86. The number of ether oxygens (including phenoxy) is 2. The van der Waals surface area contributed by atoms with Crippen LogP contribution in [0.3, 0.4) is 0 Å². The van der Waals surface area contributed by atoms with Crippen LogP contribution in [0.2, 0.25) is 0 Å². The highest BCUT2D eigenvalue weighted by Gasteiger charge is 2.19. The molecule has 3 heterocycles. The van der Waals surface area contributed by atoms with Gasteiger partial charge in [-0.2, -0.15) is 5.10 Å². The second-order valence-corrected chi connectivity index (χ2v) is 9.29. The Kier molecular flexibility index (Phi) is 8.42. The van der Waals surface area contributed by atoms with E-state index in [4.69, 9.17) is 9.47 Å². The van der Waals surface area contributed by atoms with Crippen molar-refractivity contribution >= 4 is 34.2 Å². The predicted octanol–water partition coefficient (Wildman–Crippen LogP) is 4.69. The summed E-state index contributed by atoms with van der Waals surface area (Å²) in [5.74, 6) is 1.61. The quantitative estimate of drug-likeness (QED) is 0.218. The molecule has 38 heavy (non-hydrogen) atoms. The van der Waals surface area contributed by atoms with Crippen LogP contribution in [0.25, 0.3) is 22.4 Å². The van der Waals surface area contributed by atoms with Crippen molar-refractivity contribution in [3.8, 4) is 5.69 Å². The Hall–Kier alpha value is -4.18. The summed E-state index contributed by atoms with van der Waals surface area (Å²) < 4.78 is 14.9. The normalized spacial score (nSPS) is 11.8. The molecule has 0 saturated heterocycles. The summed E-state index contributed by atoms with van der Waals surface area (Å²) in [6.45, 7) is 9.19. The van der Waals surface area contributed by atoms with E-state index in [1.54, 1.807) is 24.0 Å². The van der Waals surface area contributed by atoms with Crippen molar-refractivity contribution in [3.05, 3.63) is 65.9 Å². The van der Waals surface area contributed by atoms with Crippen molar-refractivity contribution in [2.24, 2.45) is 13.0 Å². The summed E-state index contributed by atoms with van der Waals surface area (Å²) in [7, 11) is 3.69. The largest absolute Gasteiger partial charge is 0.463 e. The van der Waals surface area contributed by atoms with Gasteiger partial charge in [0, 0.05) is 38.7 Å². The van der Waals surface area contributed by atoms with Crippen LogP contribution in [0, 0.1) is 12.8 Å². The van der Waals surface area contributed by atoms with E-state index in [2.05, 4.69) is 44.1 Å². The number of benzene rings is 1. The minimum absolute atomic E-state index is 0.284. The average Bonchev–Trinajstić information content (AvgIpc) is 3.38. The van der Waals surface area contributed by atoms with Gasteiger partial charge in [-0.25, -0.2) is 9.78 Å².